The molecule has 5 heteroatoms. The average Bonchev–Trinajstić information content (AvgIpc) is 2.53. The summed E-state index contributed by atoms with van der Waals surface area (Å²) in [7, 11) is 0. The van der Waals surface area contributed by atoms with E-state index in [2.05, 4.69) is 16.9 Å². The topological polar surface area (TPSA) is 42.9 Å². The highest BCUT2D eigenvalue weighted by Gasteiger charge is 2.08. The van der Waals surface area contributed by atoms with Crippen molar-refractivity contribution in [3.63, 3.8) is 0 Å². The lowest BCUT2D eigenvalue weighted by molar-refractivity contribution is 1.16. The van der Waals surface area contributed by atoms with Gasteiger partial charge in [0.15, 0.2) is 0 Å². The molecule has 3 nitrogen and oxygen atoms in total. The van der Waals surface area contributed by atoms with Gasteiger partial charge in [-0.3, -0.25) is 4.79 Å². The van der Waals surface area contributed by atoms with Crippen molar-refractivity contribution in [2.75, 3.05) is 5.75 Å². The molecular weight excluding hydrogens is 300 g/mol. The third-order valence-electron chi connectivity index (χ3n) is 3.01. The van der Waals surface area contributed by atoms with Crippen molar-refractivity contribution < 1.29 is 0 Å². The Morgan fingerprint density at radius 3 is 2.81 bits per heavy atom. The number of fused-ring (bicyclic) bond motifs is 1. The standard InChI is InChI=1S/C16H14N2OS2/c1-2-20-10-11-6-5-8-13(17-11)16-18-15(19)12-7-3-4-9-14(12)21-16/h3-9H,2,10H2,1H3. The number of pyridine rings is 1. The van der Waals surface area contributed by atoms with Crippen LogP contribution in [0.15, 0.2) is 47.3 Å². The second kappa shape index (κ2) is 6.37. The SMILES string of the molecule is CCSCc1cccc(-c2nc(=O)c3ccccc3s2)n1. The normalized spacial score (nSPS) is 10.9. The van der Waals surface area contributed by atoms with Gasteiger partial charge in [0, 0.05) is 10.5 Å². The summed E-state index contributed by atoms with van der Waals surface area (Å²) in [5.41, 5.74) is 1.61. The van der Waals surface area contributed by atoms with Crippen molar-refractivity contribution in [2.45, 2.75) is 12.7 Å². The van der Waals surface area contributed by atoms with Crippen molar-refractivity contribution in [3.8, 4) is 10.7 Å². The van der Waals surface area contributed by atoms with Crippen LogP contribution in [0.1, 0.15) is 12.6 Å². The van der Waals surface area contributed by atoms with Crippen molar-refractivity contribution in [2.24, 2.45) is 0 Å². The zero-order valence-corrected chi connectivity index (χ0v) is 13.2. The maximum Gasteiger partial charge on any atom is 0.279 e. The molecule has 0 spiro atoms. The molecule has 106 valence electrons. The Hall–Kier alpha value is -1.72. The van der Waals surface area contributed by atoms with Crippen LogP contribution in [-0.2, 0) is 5.75 Å². The second-order valence-corrected chi connectivity index (χ2v) is 6.78. The summed E-state index contributed by atoms with van der Waals surface area (Å²) < 4.78 is 0.947. The van der Waals surface area contributed by atoms with Crippen molar-refractivity contribution >= 4 is 33.2 Å². The fourth-order valence-corrected chi connectivity index (χ4v) is 3.55. The van der Waals surface area contributed by atoms with Gasteiger partial charge >= 0.3 is 0 Å². The van der Waals surface area contributed by atoms with E-state index in [1.54, 1.807) is 0 Å². The quantitative estimate of drug-likeness (QED) is 0.731. The number of hydrogen-bond donors (Lipinski definition) is 0. The molecule has 0 bridgehead atoms. The zero-order chi connectivity index (χ0) is 14.7. The van der Waals surface area contributed by atoms with E-state index in [4.69, 9.17) is 0 Å². The molecule has 0 radical (unpaired) electrons. The van der Waals surface area contributed by atoms with Crippen LogP contribution >= 0.6 is 23.1 Å². The van der Waals surface area contributed by atoms with Crippen LogP contribution in [-0.4, -0.2) is 15.7 Å². The van der Waals surface area contributed by atoms with E-state index in [1.165, 1.54) is 11.3 Å². The van der Waals surface area contributed by atoms with Crippen LogP contribution in [0.3, 0.4) is 0 Å². The van der Waals surface area contributed by atoms with E-state index >= 15 is 0 Å². The van der Waals surface area contributed by atoms with Gasteiger partial charge in [0.25, 0.3) is 5.56 Å². The van der Waals surface area contributed by atoms with Gasteiger partial charge in [0.2, 0.25) is 0 Å². The Morgan fingerprint density at radius 2 is 1.95 bits per heavy atom. The molecular formula is C16H14N2OS2. The molecule has 2 aromatic heterocycles. The molecule has 21 heavy (non-hydrogen) atoms. The minimum atomic E-state index is -0.186. The summed E-state index contributed by atoms with van der Waals surface area (Å²) in [5.74, 6) is 1.94. The number of rotatable bonds is 4. The van der Waals surface area contributed by atoms with Crippen molar-refractivity contribution in [1.29, 1.82) is 0 Å². The fourth-order valence-electron chi connectivity index (χ4n) is 2.01. The Kier molecular flexibility index (Phi) is 4.31. The Morgan fingerprint density at radius 1 is 1.10 bits per heavy atom. The lowest BCUT2D eigenvalue weighted by atomic mass is 10.3. The van der Waals surface area contributed by atoms with E-state index in [0.29, 0.717) is 10.4 Å². The molecule has 3 aromatic rings. The number of thioether (sulfide) groups is 1. The number of aromatic nitrogens is 2. The maximum atomic E-state index is 12.1. The largest absolute Gasteiger partial charge is 0.279 e. The highest BCUT2D eigenvalue weighted by atomic mass is 32.2. The third kappa shape index (κ3) is 3.14. The first-order valence-corrected chi connectivity index (χ1v) is 8.69. The van der Waals surface area contributed by atoms with Gasteiger partial charge in [-0.2, -0.15) is 16.7 Å². The highest BCUT2D eigenvalue weighted by molar-refractivity contribution is 7.98. The molecule has 0 amide bonds. The lowest BCUT2D eigenvalue weighted by Crippen LogP contribution is -2.06. The summed E-state index contributed by atoms with van der Waals surface area (Å²) in [4.78, 5) is 20.9. The van der Waals surface area contributed by atoms with Crippen molar-refractivity contribution in [1.82, 2.24) is 9.97 Å². The number of hydrogen-bond acceptors (Lipinski definition) is 5. The predicted octanol–water partition coefficient (Wildman–Crippen LogP) is 3.97. The molecule has 0 atom stereocenters. The summed E-state index contributed by atoms with van der Waals surface area (Å²) in [6.07, 6.45) is 0. The molecule has 1 aromatic carbocycles. The fraction of sp³-hybridized carbons (Fsp3) is 0.188. The minimum Gasteiger partial charge on any atom is -0.267 e. The van der Waals surface area contributed by atoms with E-state index < -0.39 is 0 Å². The molecule has 0 fully saturated rings. The van der Waals surface area contributed by atoms with Crippen LogP contribution in [0.2, 0.25) is 0 Å². The van der Waals surface area contributed by atoms with Crippen LogP contribution in [0.25, 0.3) is 20.8 Å². The molecule has 0 aliphatic rings. The van der Waals surface area contributed by atoms with Gasteiger partial charge in [0.1, 0.15) is 5.01 Å². The Labute approximate surface area is 131 Å². The minimum absolute atomic E-state index is 0.186. The Bertz CT molecular complexity index is 830. The first-order chi connectivity index (χ1) is 10.3. The van der Waals surface area contributed by atoms with Gasteiger partial charge in [-0.05, 0) is 30.0 Å². The molecule has 0 N–H and O–H groups in total. The molecule has 3 rings (SSSR count). The Balaban J connectivity index is 2.06. The highest BCUT2D eigenvalue weighted by Crippen LogP contribution is 2.25. The van der Waals surface area contributed by atoms with Crippen molar-refractivity contribution in [3.05, 3.63) is 58.5 Å². The molecule has 0 aliphatic carbocycles. The third-order valence-corrected chi connectivity index (χ3v) is 4.98. The monoisotopic (exact) mass is 314 g/mol. The van der Waals surface area contributed by atoms with E-state index in [1.807, 2.05) is 54.2 Å². The number of nitrogens with zero attached hydrogens (tertiary/aromatic N) is 2. The van der Waals surface area contributed by atoms with Crippen LogP contribution in [0, 0.1) is 0 Å². The van der Waals surface area contributed by atoms with E-state index in [9.17, 15) is 4.79 Å². The lowest BCUT2D eigenvalue weighted by Gasteiger charge is -2.04. The number of benzene rings is 1. The molecule has 2 heterocycles. The smallest absolute Gasteiger partial charge is 0.267 e. The van der Waals surface area contributed by atoms with Crippen LogP contribution < -0.4 is 5.56 Å². The average molecular weight is 314 g/mol. The molecule has 0 saturated heterocycles. The zero-order valence-electron chi connectivity index (χ0n) is 11.6. The molecule has 0 saturated carbocycles. The first-order valence-electron chi connectivity index (χ1n) is 6.72. The summed E-state index contributed by atoms with van der Waals surface area (Å²) >= 11 is 3.34. The van der Waals surface area contributed by atoms with Gasteiger partial charge in [-0.1, -0.05) is 25.1 Å². The van der Waals surface area contributed by atoms with Gasteiger partial charge in [-0.15, -0.1) is 11.3 Å². The van der Waals surface area contributed by atoms with Gasteiger partial charge in [-0.25, -0.2) is 4.98 Å². The predicted molar refractivity (Wildman–Crippen MR) is 91.0 cm³/mol. The summed E-state index contributed by atoms with van der Waals surface area (Å²) in [6, 6.07) is 13.4. The van der Waals surface area contributed by atoms with Gasteiger partial charge in [0.05, 0.1) is 16.8 Å². The summed E-state index contributed by atoms with van der Waals surface area (Å²) in [6.45, 7) is 2.13. The van der Waals surface area contributed by atoms with Crippen LogP contribution in [0.4, 0.5) is 0 Å². The van der Waals surface area contributed by atoms with Crippen LogP contribution in [0.5, 0.6) is 0 Å². The summed E-state index contributed by atoms with van der Waals surface area (Å²) in [5, 5.41) is 1.35. The first kappa shape index (κ1) is 14.2. The van der Waals surface area contributed by atoms with Gasteiger partial charge < -0.3 is 0 Å². The van der Waals surface area contributed by atoms with E-state index in [-0.39, 0.29) is 5.56 Å². The second-order valence-electron chi connectivity index (χ2n) is 4.47. The maximum absolute atomic E-state index is 12.1. The van der Waals surface area contributed by atoms with E-state index in [0.717, 1.165) is 27.6 Å². The molecule has 0 unspecified atom stereocenters. The molecule has 0 aliphatic heterocycles.